The maximum absolute atomic E-state index is 11.7. The van der Waals surface area contributed by atoms with Crippen LogP contribution in [-0.4, -0.2) is 35.5 Å². The lowest BCUT2D eigenvalue weighted by Gasteiger charge is -2.47. The molecule has 5 nitrogen and oxygen atoms in total. The smallest absolute Gasteiger partial charge is 0.408 e. The molecule has 0 aliphatic heterocycles. The minimum absolute atomic E-state index is 0.00764. The van der Waals surface area contributed by atoms with Crippen molar-refractivity contribution in [2.24, 2.45) is 11.7 Å². The molecule has 100 valence electrons. The summed E-state index contributed by atoms with van der Waals surface area (Å²) in [7, 11) is 0. The maximum atomic E-state index is 11.7. The average molecular weight is 244 g/mol. The van der Waals surface area contributed by atoms with E-state index in [0.29, 0.717) is 6.54 Å². The molecule has 1 fully saturated rings. The van der Waals surface area contributed by atoms with Gasteiger partial charge in [-0.1, -0.05) is 0 Å². The van der Waals surface area contributed by atoms with Crippen molar-refractivity contribution >= 4 is 6.09 Å². The third-order valence-electron chi connectivity index (χ3n) is 3.28. The molecule has 0 aromatic rings. The van der Waals surface area contributed by atoms with Gasteiger partial charge in [0, 0.05) is 18.1 Å². The molecule has 1 aliphatic rings. The predicted octanol–water partition coefficient (Wildman–Crippen LogP) is 1.00. The van der Waals surface area contributed by atoms with Crippen LogP contribution < -0.4 is 11.1 Å². The first-order chi connectivity index (χ1) is 7.83. The molecular weight excluding hydrogens is 220 g/mol. The van der Waals surface area contributed by atoms with Crippen molar-refractivity contribution in [3.63, 3.8) is 0 Å². The number of nitrogens with one attached hydrogen (secondary N) is 1. The Labute approximate surface area is 103 Å². The van der Waals surface area contributed by atoms with E-state index in [1.165, 1.54) is 0 Å². The van der Waals surface area contributed by atoms with Gasteiger partial charge in [-0.15, -0.1) is 0 Å². The van der Waals surface area contributed by atoms with E-state index >= 15 is 0 Å². The second-order valence-electron chi connectivity index (χ2n) is 5.75. The van der Waals surface area contributed by atoms with Gasteiger partial charge in [0.25, 0.3) is 0 Å². The Morgan fingerprint density at radius 2 is 2.12 bits per heavy atom. The molecule has 0 bridgehead atoms. The molecule has 1 aliphatic carbocycles. The fourth-order valence-electron chi connectivity index (χ4n) is 2.17. The molecule has 5 heteroatoms. The largest absolute Gasteiger partial charge is 0.444 e. The van der Waals surface area contributed by atoms with Crippen LogP contribution in [0.4, 0.5) is 4.79 Å². The van der Waals surface area contributed by atoms with Crippen LogP contribution in [0.3, 0.4) is 0 Å². The fraction of sp³-hybridized carbons (Fsp3) is 0.917. The number of carbonyl (C=O) groups is 1. The number of aliphatic hydroxyl groups is 1. The van der Waals surface area contributed by atoms with Crippen LogP contribution in [0.1, 0.15) is 40.0 Å². The quantitative estimate of drug-likeness (QED) is 0.689. The monoisotopic (exact) mass is 244 g/mol. The van der Waals surface area contributed by atoms with Crippen LogP contribution in [0, 0.1) is 5.92 Å². The topological polar surface area (TPSA) is 84.6 Å². The summed E-state index contributed by atoms with van der Waals surface area (Å²) >= 11 is 0. The van der Waals surface area contributed by atoms with Crippen molar-refractivity contribution in [1.82, 2.24) is 5.32 Å². The second kappa shape index (κ2) is 5.23. The van der Waals surface area contributed by atoms with E-state index in [9.17, 15) is 9.90 Å². The lowest BCUT2D eigenvalue weighted by atomic mass is 9.68. The van der Waals surface area contributed by atoms with Crippen LogP contribution in [0.5, 0.6) is 0 Å². The number of ether oxygens (including phenoxy) is 1. The molecule has 0 saturated heterocycles. The Kier molecular flexibility index (Phi) is 4.38. The zero-order chi connectivity index (χ0) is 13.1. The van der Waals surface area contributed by atoms with Gasteiger partial charge < -0.3 is 20.9 Å². The predicted molar refractivity (Wildman–Crippen MR) is 65.6 cm³/mol. The Morgan fingerprint density at radius 1 is 1.53 bits per heavy atom. The molecule has 1 atom stereocenters. The molecule has 0 radical (unpaired) electrons. The molecule has 1 rings (SSSR count). The van der Waals surface area contributed by atoms with Crippen molar-refractivity contribution in [1.29, 1.82) is 0 Å². The molecule has 0 spiro atoms. The molecule has 0 aromatic heterocycles. The minimum Gasteiger partial charge on any atom is -0.444 e. The molecule has 1 unspecified atom stereocenters. The van der Waals surface area contributed by atoms with E-state index in [1.807, 2.05) is 20.8 Å². The Balaban J connectivity index is 2.60. The van der Waals surface area contributed by atoms with E-state index in [0.717, 1.165) is 19.3 Å². The number of alkyl carbamates (subject to hydrolysis) is 1. The van der Waals surface area contributed by atoms with Gasteiger partial charge in [0.05, 0.1) is 0 Å². The van der Waals surface area contributed by atoms with Crippen LogP contribution >= 0.6 is 0 Å². The lowest BCUT2D eigenvalue weighted by Crippen LogP contribution is -2.61. The summed E-state index contributed by atoms with van der Waals surface area (Å²) < 4.78 is 5.24. The third-order valence-corrected chi connectivity index (χ3v) is 3.28. The Bertz CT molecular complexity index is 265. The molecular formula is C12H24N2O3. The number of amides is 1. The molecule has 0 heterocycles. The van der Waals surface area contributed by atoms with Crippen LogP contribution in [0.2, 0.25) is 0 Å². The molecule has 1 amide bonds. The number of nitrogens with two attached hydrogens (primary N) is 1. The number of hydrogen-bond donors (Lipinski definition) is 3. The van der Waals surface area contributed by atoms with Crippen molar-refractivity contribution in [3.8, 4) is 0 Å². The van der Waals surface area contributed by atoms with Gasteiger partial charge in [-0.05, 0) is 46.6 Å². The van der Waals surface area contributed by atoms with E-state index in [2.05, 4.69) is 5.32 Å². The first-order valence-electron chi connectivity index (χ1n) is 6.15. The summed E-state index contributed by atoms with van der Waals surface area (Å²) in [4.78, 5) is 11.7. The van der Waals surface area contributed by atoms with Crippen molar-refractivity contribution < 1.29 is 14.6 Å². The number of hydrogen-bond acceptors (Lipinski definition) is 4. The SMILES string of the molecule is CC(C)(C)OC(=O)NC1(C(CN)CO)CCC1. The number of carbonyl (C=O) groups excluding carboxylic acids is 1. The molecule has 1 saturated carbocycles. The summed E-state index contributed by atoms with van der Waals surface area (Å²) in [6, 6.07) is 0. The maximum Gasteiger partial charge on any atom is 0.408 e. The standard InChI is InChI=1S/C12H24N2O3/c1-11(2,3)17-10(16)14-12(5-4-6-12)9(7-13)8-15/h9,15H,4-8,13H2,1-3H3,(H,14,16). The van der Waals surface area contributed by atoms with E-state index < -0.39 is 11.7 Å². The van der Waals surface area contributed by atoms with Gasteiger partial charge in [-0.25, -0.2) is 4.79 Å². The molecule has 0 aromatic carbocycles. The van der Waals surface area contributed by atoms with Crippen molar-refractivity contribution in [3.05, 3.63) is 0 Å². The highest BCUT2D eigenvalue weighted by Gasteiger charge is 2.45. The van der Waals surface area contributed by atoms with Gasteiger partial charge in [0.1, 0.15) is 5.60 Å². The van der Waals surface area contributed by atoms with Crippen molar-refractivity contribution in [2.45, 2.75) is 51.2 Å². The van der Waals surface area contributed by atoms with Gasteiger partial charge in [-0.3, -0.25) is 0 Å². The van der Waals surface area contributed by atoms with E-state index in [1.54, 1.807) is 0 Å². The highest BCUT2D eigenvalue weighted by atomic mass is 16.6. The van der Waals surface area contributed by atoms with Gasteiger partial charge >= 0.3 is 6.09 Å². The third kappa shape index (κ3) is 3.57. The molecule has 4 N–H and O–H groups in total. The highest BCUT2D eigenvalue weighted by molar-refractivity contribution is 5.69. The highest BCUT2D eigenvalue weighted by Crippen LogP contribution is 2.38. The summed E-state index contributed by atoms with van der Waals surface area (Å²) in [6.07, 6.45) is 2.33. The van der Waals surface area contributed by atoms with E-state index in [4.69, 9.17) is 10.5 Å². The summed E-state index contributed by atoms with van der Waals surface area (Å²) in [5.41, 5.74) is 4.75. The lowest BCUT2D eigenvalue weighted by molar-refractivity contribution is 0.0187. The second-order valence-corrected chi connectivity index (χ2v) is 5.75. The van der Waals surface area contributed by atoms with E-state index in [-0.39, 0.29) is 18.1 Å². The summed E-state index contributed by atoms with van der Waals surface area (Å²) in [6.45, 7) is 5.84. The summed E-state index contributed by atoms with van der Waals surface area (Å²) in [5.74, 6) is -0.0937. The molecule has 17 heavy (non-hydrogen) atoms. The first kappa shape index (κ1) is 14.3. The fourth-order valence-corrected chi connectivity index (χ4v) is 2.17. The Morgan fingerprint density at radius 3 is 2.41 bits per heavy atom. The number of rotatable bonds is 4. The number of aliphatic hydroxyl groups excluding tert-OH is 1. The van der Waals surface area contributed by atoms with Crippen molar-refractivity contribution in [2.75, 3.05) is 13.2 Å². The zero-order valence-corrected chi connectivity index (χ0v) is 11.0. The first-order valence-corrected chi connectivity index (χ1v) is 6.15. The van der Waals surface area contributed by atoms with Crippen LogP contribution in [0.15, 0.2) is 0 Å². The van der Waals surface area contributed by atoms with Gasteiger partial charge in [0.2, 0.25) is 0 Å². The zero-order valence-electron chi connectivity index (χ0n) is 11.0. The summed E-state index contributed by atoms with van der Waals surface area (Å²) in [5, 5.41) is 12.2. The van der Waals surface area contributed by atoms with Gasteiger partial charge in [0.15, 0.2) is 0 Å². The van der Waals surface area contributed by atoms with Gasteiger partial charge in [-0.2, -0.15) is 0 Å². The Hall–Kier alpha value is -0.810. The normalized spacial score (nSPS) is 20.3. The van der Waals surface area contributed by atoms with Crippen LogP contribution in [0.25, 0.3) is 0 Å². The average Bonchev–Trinajstić information content (AvgIpc) is 2.12. The minimum atomic E-state index is -0.507. The van der Waals surface area contributed by atoms with Crippen LogP contribution in [-0.2, 0) is 4.74 Å².